The van der Waals surface area contributed by atoms with Crippen LogP contribution in [0.25, 0.3) is 0 Å². The Morgan fingerprint density at radius 3 is 2.33 bits per heavy atom. The van der Waals surface area contributed by atoms with E-state index in [4.69, 9.17) is 4.74 Å². The summed E-state index contributed by atoms with van der Waals surface area (Å²) >= 11 is 0. The van der Waals surface area contributed by atoms with Gasteiger partial charge in [0.15, 0.2) is 0 Å². The number of nitrogens with one attached hydrogen (secondary N) is 2. The molecule has 1 saturated heterocycles. The van der Waals surface area contributed by atoms with E-state index < -0.39 is 31.4 Å². The average Bonchev–Trinajstić information content (AvgIpc) is 3.02. The minimum atomic E-state index is -4.47. The minimum Gasteiger partial charge on any atom is -0.368 e. The molecule has 2 amide bonds. The van der Waals surface area contributed by atoms with Crippen LogP contribution in [-0.2, 0) is 19.1 Å². The van der Waals surface area contributed by atoms with Gasteiger partial charge in [-0.25, -0.2) is 0 Å². The third kappa shape index (κ3) is 6.17. The SMILES string of the molecule is O=C(COCC(F)(F)F)Nc1ccc(NC(=O)C2CCCO2)cc1. The summed E-state index contributed by atoms with van der Waals surface area (Å²) in [5.41, 5.74) is 0.910. The van der Waals surface area contributed by atoms with Crippen molar-refractivity contribution < 1.29 is 32.2 Å². The Bertz CT molecular complexity index is 569. The van der Waals surface area contributed by atoms with Crippen molar-refractivity contribution >= 4 is 23.2 Å². The van der Waals surface area contributed by atoms with E-state index in [9.17, 15) is 22.8 Å². The number of rotatable bonds is 6. The molecule has 0 bridgehead atoms. The molecule has 1 heterocycles. The summed E-state index contributed by atoms with van der Waals surface area (Å²) in [5, 5.41) is 5.08. The summed E-state index contributed by atoms with van der Waals surface area (Å²) in [6.07, 6.45) is -3.39. The molecule has 1 aromatic carbocycles. The van der Waals surface area contributed by atoms with Gasteiger partial charge in [-0.1, -0.05) is 0 Å². The van der Waals surface area contributed by atoms with Gasteiger partial charge in [0.25, 0.3) is 5.91 Å². The molecule has 1 unspecified atom stereocenters. The molecular weight excluding hydrogens is 329 g/mol. The maximum atomic E-state index is 11.9. The van der Waals surface area contributed by atoms with E-state index >= 15 is 0 Å². The van der Waals surface area contributed by atoms with Crippen molar-refractivity contribution in [3.05, 3.63) is 24.3 Å². The quantitative estimate of drug-likeness (QED) is 0.829. The zero-order chi connectivity index (χ0) is 17.6. The van der Waals surface area contributed by atoms with Crippen LogP contribution in [0.2, 0.25) is 0 Å². The summed E-state index contributed by atoms with van der Waals surface area (Å²) < 4.78 is 45.2. The molecule has 2 N–H and O–H groups in total. The monoisotopic (exact) mass is 346 g/mol. The molecule has 0 aromatic heterocycles. The third-order valence-corrected chi connectivity index (χ3v) is 3.16. The second-order valence-electron chi connectivity index (χ2n) is 5.22. The number of carbonyl (C=O) groups excluding carboxylic acids is 2. The molecule has 1 aromatic rings. The van der Waals surface area contributed by atoms with Crippen molar-refractivity contribution in [3.63, 3.8) is 0 Å². The van der Waals surface area contributed by atoms with Crippen molar-refractivity contribution in [2.45, 2.75) is 25.1 Å². The van der Waals surface area contributed by atoms with Crippen LogP contribution in [0, 0.1) is 0 Å². The zero-order valence-corrected chi connectivity index (χ0v) is 12.7. The summed E-state index contributed by atoms with van der Waals surface area (Å²) in [6.45, 7) is -1.61. The Morgan fingerprint density at radius 2 is 1.79 bits per heavy atom. The van der Waals surface area contributed by atoms with Gasteiger partial charge in [-0.15, -0.1) is 0 Å². The first kappa shape index (κ1) is 18.2. The van der Waals surface area contributed by atoms with Gasteiger partial charge in [-0.3, -0.25) is 9.59 Å². The molecule has 24 heavy (non-hydrogen) atoms. The highest BCUT2D eigenvalue weighted by molar-refractivity contribution is 5.95. The number of ether oxygens (including phenoxy) is 2. The second kappa shape index (κ2) is 8.11. The van der Waals surface area contributed by atoms with E-state index in [0.717, 1.165) is 6.42 Å². The van der Waals surface area contributed by atoms with E-state index in [2.05, 4.69) is 15.4 Å². The van der Waals surface area contributed by atoms with E-state index in [1.54, 1.807) is 12.1 Å². The van der Waals surface area contributed by atoms with Crippen molar-refractivity contribution in [2.75, 3.05) is 30.5 Å². The van der Waals surface area contributed by atoms with E-state index in [0.29, 0.717) is 24.4 Å². The highest BCUT2D eigenvalue weighted by Crippen LogP contribution is 2.17. The Morgan fingerprint density at radius 1 is 1.17 bits per heavy atom. The first-order valence-corrected chi connectivity index (χ1v) is 7.30. The van der Waals surface area contributed by atoms with Crippen LogP contribution in [0.4, 0.5) is 24.5 Å². The number of alkyl halides is 3. The fourth-order valence-electron chi connectivity index (χ4n) is 2.10. The number of benzene rings is 1. The van der Waals surface area contributed by atoms with Gasteiger partial charge in [0, 0.05) is 18.0 Å². The number of hydrogen-bond acceptors (Lipinski definition) is 4. The lowest BCUT2D eigenvalue weighted by molar-refractivity contribution is -0.174. The van der Waals surface area contributed by atoms with Crippen molar-refractivity contribution in [2.24, 2.45) is 0 Å². The van der Waals surface area contributed by atoms with Crippen LogP contribution in [0.1, 0.15) is 12.8 Å². The van der Waals surface area contributed by atoms with E-state index in [-0.39, 0.29) is 5.91 Å². The van der Waals surface area contributed by atoms with Gasteiger partial charge < -0.3 is 20.1 Å². The van der Waals surface area contributed by atoms with Gasteiger partial charge in [-0.05, 0) is 37.1 Å². The lowest BCUT2D eigenvalue weighted by atomic mass is 10.2. The number of carbonyl (C=O) groups is 2. The molecule has 0 radical (unpaired) electrons. The molecule has 0 saturated carbocycles. The van der Waals surface area contributed by atoms with Crippen molar-refractivity contribution in [1.82, 2.24) is 0 Å². The maximum Gasteiger partial charge on any atom is 0.411 e. The molecule has 1 fully saturated rings. The van der Waals surface area contributed by atoms with Gasteiger partial charge in [-0.2, -0.15) is 13.2 Å². The summed E-state index contributed by atoms with van der Waals surface area (Å²) in [7, 11) is 0. The van der Waals surface area contributed by atoms with Crippen molar-refractivity contribution in [3.8, 4) is 0 Å². The zero-order valence-electron chi connectivity index (χ0n) is 12.7. The number of amides is 2. The smallest absolute Gasteiger partial charge is 0.368 e. The first-order chi connectivity index (χ1) is 11.3. The highest BCUT2D eigenvalue weighted by atomic mass is 19.4. The molecule has 2 rings (SSSR count). The normalized spacial score (nSPS) is 17.5. The standard InChI is InChI=1S/C15H17F3N2O4/c16-15(17,18)9-23-8-13(21)19-10-3-5-11(6-4-10)20-14(22)12-2-1-7-24-12/h3-6,12H,1-2,7-9H2,(H,19,21)(H,20,22). The lowest BCUT2D eigenvalue weighted by Crippen LogP contribution is -2.26. The topological polar surface area (TPSA) is 76.7 Å². The van der Waals surface area contributed by atoms with E-state index in [1.807, 2.05) is 0 Å². The van der Waals surface area contributed by atoms with Crippen LogP contribution in [-0.4, -0.2) is 43.9 Å². The summed E-state index contributed by atoms with van der Waals surface area (Å²) in [6, 6.07) is 6.18. The predicted octanol–water partition coefficient (Wildman–Crippen LogP) is 2.32. The molecule has 9 heteroatoms. The fourth-order valence-corrected chi connectivity index (χ4v) is 2.10. The van der Waals surface area contributed by atoms with Crippen LogP contribution >= 0.6 is 0 Å². The van der Waals surface area contributed by atoms with Crippen molar-refractivity contribution in [1.29, 1.82) is 0 Å². The maximum absolute atomic E-state index is 11.9. The number of halogens is 3. The fraction of sp³-hybridized carbons (Fsp3) is 0.467. The molecular formula is C15H17F3N2O4. The first-order valence-electron chi connectivity index (χ1n) is 7.30. The largest absolute Gasteiger partial charge is 0.411 e. The highest BCUT2D eigenvalue weighted by Gasteiger charge is 2.27. The van der Waals surface area contributed by atoms with Crippen LogP contribution in [0.3, 0.4) is 0 Å². The van der Waals surface area contributed by atoms with Gasteiger partial charge >= 0.3 is 6.18 Å². The lowest BCUT2D eigenvalue weighted by Gasteiger charge is -2.11. The molecule has 1 atom stereocenters. The Kier molecular flexibility index (Phi) is 6.16. The van der Waals surface area contributed by atoms with Gasteiger partial charge in [0.1, 0.15) is 19.3 Å². The predicted molar refractivity (Wildman–Crippen MR) is 79.5 cm³/mol. The van der Waals surface area contributed by atoms with E-state index in [1.165, 1.54) is 12.1 Å². The van der Waals surface area contributed by atoms with Crippen LogP contribution < -0.4 is 10.6 Å². The van der Waals surface area contributed by atoms with Gasteiger partial charge in [0.2, 0.25) is 5.91 Å². The molecule has 1 aliphatic rings. The number of anilines is 2. The summed E-state index contributed by atoms with van der Waals surface area (Å²) in [4.78, 5) is 23.3. The third-order valence-electron chi connectivity index (χ3n) is 3.16. The Labute approximate surface area is 136 Å². The Balaban J connectivity index is 1.77. The molecule has 6 nitrogen and oxygen atoms in total. The summed E-state index contributed by atoms with van der Waals surface area (Å²) in [5.74, 6) is -0.930. The molecule has 1 aliphatic heterocycles. The van der Waals surface area contributed by atoms with Crippen LogP contribution in [0.5, 0.6) is 0 Å². The van der Waals surface area contributed by atoms with Gasteiger partial charge in [0.05, 0.1) is 0 Å². The average molecular weight is 346 g/mol. The molecule has 132 valence electrons. The molecule has 0 aliphatic carbocycles. The Hall–Kier alpha value is -2.13. The minimum absolute atomic E-state index is 0.232. The molecule has 0 spiro atoms. The number of hydrogen-bond donors (Lipinski definition) is 2. The second-order valence-corrected chi connectivity index (χ2v) is 5.22. The van der Waals surface area contributed by atoms with Crippen LogP contribution in [0.15, 0.2) is 24.3 Å².